The second kappa shape index (κ2) is 4.56. The molecular weight excluding hydrogens is 259 g/mol. The molecule has 0 bridgehead atoms. The summed E-state index contributed by atoms with van der Waals surface area (Å²) in [5.74, 6) is -0.655. The lowest BCUT2D eigenvalue weighted by Crippen LogP contribution is -2.27. The third-order valence-electron chi connectivity index (χ3n) is 2.37. The first-order valence-electron chi connectivity index (χ1n) is 5.10. The predicted octanol–water partition coefficient (Wildman–Crippen LogP) is 1.50. The van der Waals surface area contributed by atoms with Crippen molar-refractivity contribution >= 4 is 21.7 Å². The summed E-state index contributed by atoms with van der Waals surface area (Å²) in [4.78, 5) is 3.13. The number of alkyl halides is 1. The van der Waals surface area contributed by atoms with Crippen molar-refractivity contribution in [2.24, 2.45) is 4.99 Å². The maximum Gasteiger partial charge on any atom is 0.216 e. The summed E-state index contributed by atoms with van der Waals surface area (Å²) in [6.45, 7) is 1.80. The van der Waals surface area contributed by atoms with Gasteiger partial charge in [-0.3, -0.25) is 4.99 Å². The zero-order valence-electron chi connectivity index (χ0n) is 10.3. The van der Waals surface area contributed by atoms with Gasteiger partial charge in [-0.1, -0.05) is 0 Å². The summed E-state index contributed by atoms with van der Waals surface area (Å²) < 4.78 is 37.9. The van der Waals surface area contributed by atoms with E-state index in [1.807, 2.05) is 0 Å². The van der Waals surface area contributed by atoms with Crippen LogP contribution in [0.25, 0.3) is 0 Å². The molecule has 5 nitrogen and oxygen atoms in total. The number of rotatable bonds is 3. The Kier molecular flexibility index (Phi) is 3.66. The molecule has 0 radical (unpaired) electrons. The molecule has 3 N–H and O–H groups in total. The van der Waals surface area contributed by atoms with Crippen molar-refractivity contribution in [2.75, 3.05) is 12.8 Å². The lowest BCUT2D eigenvalue weighted by atomic mass is 10.2. The summed E-state index contributed by atoms with van der Waals surface area (Å²) in [5, 5.41) is 7.24. The van der Waals surface area contributed by atoms with E-state index in [1.54, 1.807) is 0 Å². The van der Waals surface area contributed by atoms with E-state index >= 15 is 0 Å². The Labute approximate surface area is 105 Å². The van der Waals surface area contributed by atoms with Crippen molar-refractivity contribution in [1.29, 1.82) is 0 Å². The maximum absolute atomic E-state index is 13.8. The molecule has 0 aromatic heterocycles. The number of hydrogen-bond acceptors (Lipinski definition) is 5. The quantitative estimate of drug-likeness (QED) is 0.496. The van der Waals surface area contributed by atoms with E-state index in [0.29, 0.717) is 0 Å². The third kappa shape index (κ3) is 2.31. The number of phenolic OH excluding ortho intramolecular Hbond substituents is 1. The fourth-order valence-corrected chi connectivity index (χ4v) is 2.66. The average molecular weight is 274 g/mol. The van der Waals surface area contributed by atoms with Gasteiger partial charge in [0.1, 0.15) is 4.90 Å². The Bertz CT molecular complexity index is 589. The highest BCUT2D eigenvalue weighted by Crippen LogP contribution is 2.37. The molecule has 0 atom stereocenters. The first-order chi connectivity index (χ1) is 8.13. The van der Waals surface area contributed by atoms with E-state index in [1.165, 1.54) is 25.4 Å². The van der Waals surface area contributed by atoms with Crippen molar-refractivity contribution < 1.29 is 17.9 Å². The second-order valence-electron chi connectivity index (χ2n) is 4.18. The van der Waals surface area contributed by atoms with E-state index in [0.717, 1.165) is 13.8 Å². The molecule has 100 valence electrons. The van der Waals surface area contributed by atoms with Crippen molar-refractivity contribution in [3.05, 3.63) is 17.7 Å². The number of hydrogen-bond donors (Lipinski definition) is 2. The molecule has 0 unspecified atom stereocenters. The molecule has 1 aromatic carbocycles. The molecule has 1 aromatic rings. The van der Waals surface area contributed by atoms with E-state index in [4.69, 9.17) is 5.73 Å². The van der Waals surface area contributed by atoms with Gasteiger partial charge in [0.15, 0.2) is 5.75 Å². The largest absolute Gasteiger partial charge is 0.504 e. The van der Waals surface area contributed by atoms with Crippen LogP contribution in [0.1, 0.15) is 19.4 Å². The fraction of sp³-hybridized carbons (Fsp3) is 0.364. The Hall–Kier alpha value is -1.63. The molecule has 0 saturated carbocycles. The minimum atomic E-state index is -4.37. The summed E-state index contributed by atoms with van der Waals surface area (Å²) in [6, 6.07) is 2.69. The summed E-state index contributed by atoms with van der Waals surface area (Å²) in [5.41, 5.74) is 5.40. The maximum atomic E-state index is 13.8. The standard InChI is InChI=1S/C11H15FN2O3S/c1-11(2,12)18(16,17)10-7(6-14-3)4-5-8(13)9(10)15/h4-6,15H,13H2,1-3H3. The van der Waals surface area contributed by atoms with Gasteiger partial charge in [-0.25, -0.2) is 12.8 Å². The average Bonchev–Trinajstić information content (AvgIpc) is 2.22. The van der Waals surface area contributed by atoms with E-state index in [-0.39, 0.29) is 11.3 Å². The van der Waals surface area contributed by atoms with Gasteiger partial charge in [0.05, 0.1) is 5.69 Å². The minimum absolute atomic E-state index is 0.0925. The van der Waals surface area contributed by atoms with E-state index in [9.17, 15) is 17.9 Å². The monoisotopic (exact) mass is 274 g/mol. The molecule has 0 amide bonds. The van der Waals surface area contributed by atoms with Crippen LogP contribution in [0, 0.1) is 0 Å². The minimum Gasteiger partial charge on any atom is -0.504 e. The van der Waals surface area contributed by atoms with Crippen molar-refractivity contribution in [1.82, 2.24) is 0 Å². The Morgan fingerprint density at radius 1 is 1.44 bits per heavy atom. The van der Waals surface area contributed by atoms with Gasteiger partial charge in [0.25, 0.3) is 0 Å². The van der Waals surface area contributed by atoms with Gasteiger partial charge < -0.3 is 10.8 Å². The topological polar surface area (TPSA) is 92.8 Å². The Morgan fingerprint density at radius 3 is 2.44 bits per heavy atom. The highest BCUT2D eigenvalue weighted by Gasteiger charge is 2.39. The van der Waals surface area contributed by atoms with Gasteiger partial charge in [-0.2, -0.15) is 0 Å². The van der Waals surface area contributed by atoms with Crippen LogP contribution in [-0.2, 0) is 9.84 Å². The first-order valence-corrected chi connectivity index (χ1v) is 6.58. The normalized spacial score (nSPS) is 13.1. The number of benzene rings is 1. The molecule has 0 aliphatic heterocycles. The number of aromatic hydroxyl groups is 1. The smallest absolute Gasteiger partial charge is 0.216 e. The molecule has 1 rings (SSSR count). The molecule has 0 heterocycles. The summed E-state index contributed by atoms with van der Waals surface area (Å²) in [7, 11) is -2.94. The lowest BCUT2D eigenvalue weighted by molar-refractivity contribution is 0.318. The molecule has 18 heavy (non-hydrogen) atoms. The van der Waals surface area contributed by atoms with Crippen molar-refractivity contribution in [3.63, 3.8) is 0 Å². The number of halogens is 1. The van der Waals surface area contributed by atoms with Crippen molar-refractivity contribution in [2.45, 2.75) is 23.7 Å². The van der Waals surface area contributed by atoms with Crippen molar-refractivity contribution in [3.8, 4) is 5.75 Å². The second-order valence-corrected chi connectivity index (χ2v) is 6.56. The number of nitrogens with zero attached hydrogens (tertiary/aromatic N) is 1. The molecule has 0 spiro atoms. The highest BCUT2D eigenvalue weighted by atomic mass is 32.2. The molecular formula is C11H15FN2O3S. The third-order valence-corrected chi connectivity index (χ3v) is 4.61. The van der Waals surface area contributed by atoms with Gasteiger partial charge in [0.2, 0.25) is 14.8 Å². The Balaban J connectivity index is 3.73. The van der Waals surface area contributed by atoms with Crippen LogP contribution in [0.2, 0.25) is 0 Å². The lowest BCUT2D eigenvalue weighted by Gasteiger charge is -2.18. The van der Waals surface area contributed by atoms with Crippen LogP contribution >= 0.6 is 0 Å². The van der Waals surface area contributed by atoms with Crippen LogP contribution in [0.3, 0.4) is 0 Å². The van der Waals surface area contributed by atoms with Crippen LogP contribution in [0.5, 0.6) is 5.75 Å². The van der Waals surface area contributed by atoms with Crippen LogP contribution in [0.4, 0.5) is 10.1 Å². The van der Waals surface area contributed by atoms with Crippen LogP contribution < -0.4 is 5.73 Å². The number of nitrogen functional groups attached to an aromatic ring is 1. The number of phenols is 1. The van der Waals surface area contributed by atoms with Gasteiger partial charge in [-0.15, -0.1) is 0 Å². The molecule has 0 fully saturated rings. The van der Waals surface area contributed by atoms with Gasteiger partial charge in [0, 0.05) is 18.8 Å². The van der Waals surface area contributed by atoms with Crippen LogP contribution in [-0.4, -0.2) is 31.8 Å². The van der Waals surface area contributed by atoms with Gasteiger partial charge >= 0.3 is 0 Å². The highest BCUT2D eigenvalue weighted by molar-refractivity contribution is 7.92. The van der Waals surface area contributed by atoms with Gasteiger partial charge in [-0.05, 0) is 26.0 Å². The number of anilines is 1. The fourth-order valence-electron chi connectivity index (χ4n) is 1.37. The number of nitrogens with two attached hydrogens (primary N) is 1. The molecule has 7 heteroatoms. The summed E-state index contributed by atoms with van der Waals surface area (Å²) in [6.07, 6.45) is 1.22. The molecule has 0 aliphatic rings. The molecule has 0 aliphatic carbocycles. The zero-order valence-corrected chi connectivity index (χ0v) is 11.1. The van der Waals surface area contributed by atoms with E-state index < -0.39 is 25.5 Å². The summed E-state index contributed by atoms with van der Waals surface area (Å²) >= 11 is 0. The van der Waals surface area contributed by atoms with Crippen LogP contribution in [0.15, 0.2) is 22.0 Å². The molecule has 0 saturated heterocycles. The Morgan fingerprint density at radius 2 is 2.00 bits per heavy atom. The predicted molar refractivity (Wildman–Crippen MR) is 68.4 cm³/mol. The number of sulfone groups is 1. The van der Waals surface area contributed by atoms with E-state index in [2.05, 4.69) is 4.99 Å². The zero-order chi connectivity index (χ0) is 14.1. The first kappa shape index (κ1) is 14.4. The number of aliphatic imine (C=N–C) groups is 1. The SMILES string of the molecule is CN=Cc1ccc(N)c(O)c1S(=O)(=O)C(C)(C)F.